The highest BCUT2D eigenvalue weighted by Gasteiger charge is 2.11. The fourth-order valence-corrected chi connectivity index (χ4v) is 5.92. The van der Waals surface area contributed by atoms with Gasteiger partial charge in [-0.05, 0) is 12.8 Å². The van der Waals surface area contributed by atoms with Crippen molar-refractivity contribution in [3.63, 3.8) is 0 Å². The van der Waals surface area contributed by atoms with Crippen LogP contribution in [0, 0.1) is 5.82 Å². The van der Waals surface area contributed by atoms with E-state index in [-0.39, 0.29) is 5.69 Å². The summed E-state index contributed by atoms with van der Waals surface area (Å²) in [5.41, 5.74) is -1.11. The van der Waals surface area contributed by atoms with Crippen LogP contribution in [-0.2, 0) is 13.1 Å². The van der Waals surface area contributed by atoms with Gasteiger partial charge in [0.05, 0.1) is 6.20 Å². The van der Waals surface area contributed by atoms with E-state index >= 15 is 0 Å². The molecule has 1 aromatic heterocycles. The number of aryl methyl sites for hydroxylation is 1. The second kappa shape index (κ2) is 27.4. The SMILES string of the molecule is CCCCCCCCCCCCCCCCn1cc(F)c(=O)n(CCCCCCCCCCCCCCCC)c1=O. The summed E-state index contributed by atoms with van der Waals surface area (Å²) < 4.78 is 16.8. The van der Waals surface area contributed by atoms with E-state index in [0.29, 0.717) is 13.1 Å². The van der Waals surface area contributed by atoms with Gasteiger partial charge < -0.3 is 0 Å². The van der Waals surface area contributed by atoms with Crippen LogP contribution < -0.4 is 11.2 Å². The first-order valence-corrected chi connectivity index (χ1v) is 18.1. The molecule has 0 radical (unpaired) electrons. The third-order valence-electron chi connectivity index (χ3n) is 8.68. The number of nitrogens with zero attached hydrogens (tertiary/aromatic N) is 2. The zero-order chi connectivity index (χ0) is 29.8. The Balaban J connectivity index is 2.11. The molecule has 0 amide bonds. The summed E-state index contributed by atoms with van der Waals surface area (Å²) in [6.45, 7) is 5.35. The summed E-state index contributed by atoms with van der Waals surface area (Å²) >= 11 is 0. The zero-order valence-corrected chi connectivity index (χ0v) is 27.4. The quantitative estimate of drug-likeness (QED) is 0.0852. The van der Waals surface area contributed by atoms with Gasteiger partial charge in [0, 0.05) is 13.1 Å². The van der Waals surface area contributed by atoms with Crippen LogP contribution in [-0.4, -0.2) is 9.13 Å². The van der Waals surface area contributed by atoms with E-state index in [1.165, 1.54) is 146 Å². The second-order valence-corrected chi connectivity index (χ2v) is 12.6. The Hall–Kier alpha value is -1.39. The van der Waals surface area contributed by atoms with E-state index in [4.69, 9.17) is 0 Å². The molecule has 0 saturated carbocycles. The lowest BCUT2D eigenvalue weighted by molar-refractivity contribution is 0.453. The normalized spacial score (nSPS) is 11.5. The lowest BCUT2D eigenvalue weighted by atomic mass is 10.0. The Kier molecular flexibility index (Phi) is 25.2. The van der Waals surface area contributed by atoms with Gasteiger partial charge in [-0.3, -0.25) is 13.9 Å². The Morgan fingerprint density at radius 1 is 0.463 bits per heavy atom. The number of rotatable bonds is 30. The van der Waals surface area contributed by atoms with Crippen LogP contribution in [0.25, 0.3) is 0 Å². The van der Waals surface area contributed by atoms with Gasteiger partial charge >= 0.3 is 5.69 Å². The highest BCUT2D eigenvalue weighted by Crippen LogP contribution is 2.14. The monoisotopic (exact) mass is 579 g/mol. The molecule has 0 saturated heterocycles. The zero-order valence-electron chi connectivity index (χ0n) is 27.4. The van der Waals surface area contributed by atoms with Gasteiger partial charge in [0.25, 0.3) is 5.56 Å². The van der Waals surface area contributed by atoms with E-state index in [2.05, 4.69) is 13.8 Å². The molecule has 1 aromatic rings. The molecular formula is C36H67FN2O2. The van der Waals surface area contributed by atoms with Crippen molar-refractivity contribution >= 4 is 0 Å². The molecule has 240 valence electrons. The van der Waals surface area contributed by atoms with Crippen molar-refractivity contribution in [2.75, 3.05) is 0 Å². The third kappa shape index (κ3) is 20.2. The molecule has 0 aliphatic rings. The number of aromatic nitrogens is 2. The first-order chi connectivity index (χ1) is 20.1. The van der Waals surface area contributed by atoms with Crippen molar-refractivity contribution in [1.29, 1.82) is 0 Å². The van der Waals surface area contributed by atoms with Gasteiger partial charge in [0.15, 0.2) is 0 Å². The summed E-state index contributed by atoms with van der Waals surface area (Å²) in [6.07, 6.45) is 36.6. The van der Waals surface area contributed by atoms with Crippen molar-refractivity contribution < 1.29 is 4.39 Å². The summed E-state index contributed by atoms with van der Waals surface area (Å²) in [5, 5.41) is 0. The van der Waals surface area contributed by atoms with E-state index < -0.39 is 11.4 Å². The first-order valence-electron chi connectivity index (χ1n) is 18.1. The molecule has 5 heteroatoms. The van der Waals surface area contributed by atoms with E-state index in [1.807, 2.05) is 0 Å². The average molecular weight is 579 g/mol. The fraction of sp³-hybridized carbons (Fsp3) is 0.889. The molecule has 0 fully saturated rings. The van der Waals surface area contributed by atoms with Gasteiger partial charge in [0.2, 0.25) is 5.82 Å². The summed E-state index contributed by atoms with van der Waals surface area (Å²) in [6, 6.07) is 0. The minimum atomic E-state index is -0.805. The van der Waals surface area contributed by atoms with Gasteiger partial charge in [-0.2, -0.15) is 4.39 Å². The van der Waals surface area contributed by atoms with Crippen LogP contribution in [0.1, 0.15) is 194 Å². The van der Waals surface area contributed by atoms with Gasteiger partial charge in [-0.15, -0.1) is 0 Å². The first kappa shape index (κ1) is 37.6. The largest absolute Gasteiger partial charge is 0.331 e. The number of hydrogen-bond acceptors (Lipinski definition) is 2. The molecule has 0 aromatic carbocycles. The molecule has 0 bridgehead atoms. The molecule has 0 aliphatic heterocycles. The predicted molar refractivity (Wildman–Crippen MR) is 176 cm³/mol. The summed E-state index contributed by atoms with van der Waals surface area (Å²) in [5.74, 6) is -0.805. The Labute approximate surface area is 252 Å². The highest BCUT2D eigenvalue weighted by atomic mass is 19.1. The van der Waals surface area contributed by atoms with Gasteiger partial charge in [0.1, 0.15) is 0 Å². The number of hydrogen-bond donors (Lipinski definition) is 0. The molecular weight excluding hydrogens is 511 g/mol. The average Bonchev–Trinajstić information content (AvgIpc) is 2.97. The van der Waals surface area contributed by atoms with Crippen LogP contribution in [0.3, 0.4) is 0 Å². The van der Waals surface area contributed by atoms with E-state index in [1.54, 1.807) is 0 Å². The maximum atomic E-state index is 14.3. The summed E-state index contributed by atoms with van der Waals surface area (Å²) in [7, 11) is 0. The van der Waals surface area contributed by atoms with Crippen LogP contribution >= 0.6 is 0 Å². The summed E-state index contributed by atoms with van der Waals surface area (Å²) in [4.78, 5) is 25.1. The van der Waals surface area contributed by atoms with Crippen molar-refractivity contribution in [3.8, 4) is 0 Å². The van der Waals surface area contributed by atoms with E-state index in [9.17, 15) is 14.0 Å². The van der Waals surface area contributed by atoms with Gasteiger partial charge in [-0.25, -0.2) is 4.79 Å². The Morgan fingerprint density at radius 2 is 0.756 bits per heavy atom. The van der Waals surface area contributed by atoms with Crippen LogP contribution in [0.2, 0.25) is 0 Å². The predicted octanol–water partition coefficient (Wildman–Crippen LogP) is 11.1. The van der Waals surface area contributed by atoms with Crippen LogP contribution in [0.5, 0.6) is 0 Å². The minimum Gasteiger partial charge on any atom is -0.297 e. The molecule has 0 atom stereocenters. The maximum absolute atomic E-state index is 14.3. The fourth-order valence-electron chi connectivity index (χ4n) is 5.92. The number of halogens is 1. The molecule has 41 heavy (non-hydrogen) atoms. The topological polar surface area (TPSA) is 44.0 Å². The van der Waals surface area contributed by atoms with E-state index in [0.717, 1.165) is 49.3 Å². The number of unbranched alkanes of at least 4 members (excludes halogenated alkanes) is 26. The molecule has 1 heterocycles. The van der Waals surface area contributed by atoms with Crippen molar-refractivity contribution in [2.24, 2.45) is 0 Å². The van der Waals surface area contributed by atoms with Crippen LogP contribution in [0.15, 0.2) is 15.8 Å². The smallest absolute Gasteiger partial charge is 0.297 e. The van der Waals surface area contributed by atoms with Crippen molar-refractivity contribution in [2.45, 2.75) is 207 Å². The lowest BCUT2D eigenvalue weighted by Gasteiger charge is -2.11. The molecule has 0 spiro atoms. The second-order valence-electron chi connectivity index (χ2n) is 12.6. The molecule has 0 unspecified atom stereocenters. The van der Waals surface area contributed by atoms with Crippen molar-refractivity contribution in [3.05, 3.63) is 32.9 Å². The highest BCUT2D eigenvalue weighted by molar-refractivity contribution is 4.90. The lowest BCUT2D eigenvalue weighted by Crippen LogP contribution is -2.41. The minimum absolute atomic E-state index is 0.326. The Bertz CT molecular complexity index is 832. The molecule has 4 nitrogen and oxygen atoms in total. The maximum Gasteiger partial charge on any atom is 0.331 e. The standard InChI is InChI=1S/C36H67FN2O2/c1-3-5-7-9-11-13-15-17-19-21-23-25-27-29-31-38-33-34(37)35(40)39(36(38)41)32-30-28-26-24-22-20-18-16-14-12-10-8-6-4-2/h33H,3-32H2,1-2H3. The molecule has 1 rings (SSSR count). The molecule has 0 aliphatic carbocycles. The van der Waals surface area contributed by atoms with Gasteiger partial charge in [-0.1, -0.05) is 181 Å². The third-order valence-corrected chi connectivity index (χ3v) is 8.68. The Morgan fingerprint density at radius 3 is 1.10 bits per heavy atom. The van der Waals surface area contributed by atoms with Crippen molar-refractivity contribution in [1.82, 2.24) is 9.13 Å². The molecule has 0 N–H and O–H groups in total. The van der Waals surface area contributed by atoms with Crippen LogP contribution in [0.4, 0.5) is 4.39 Å².